The fourth-order valence-corrected chi connectivity index (χ4v) is 4.27. The molecule has 1 aliphatic rings. The number of aliphatic hydroxyl groups excluding tert-OH is 1. The molecule has 1 rings (SSSR count). The average Bonchev–Trinajstić information content (AvgIpc) is 2.81. The maximum Gasteiger partial charge on any atom is 0.303 e. The summed E-state index contributed by atoms with van der Waals surface area (Å²) in [5.41, 5.74) is -1.40. The summed E-state index contributed by atoms with van der Waals surface area (Å²) < 4.78 is 0. The molecule has 5 nitrogen and oxygen atoms in total. The van der Waals surface area contributed by atoms with Gasteiger partial charge in [-0.3, -0.25) is 9.59 Å². The van der Waals surface area contributed by atoms with Gasteiger partial charge in [0, 0.05) is 6.42 Å². The third-order valence-electron chi connectivity index (χ3n) is 5.72. The lowest BCUT2D eigenvalue weighted by Crippen LogP contribution is -2.44. The third-order valence-corrected chi connectivity index (χ3v) is 6.02. The first-order valence-corrected chi connectivity index (χ1v) is 11.0. The normalized spacial score (nSPS) is 24.5. The van der Waals surface area contributed by atoms with Gasteiger partial charge >= 0.3 is 5.97 Å². The van der Waals surface area contributed by atoms with Crippen LogP contribution in [0, 0.1) is 17.8 Å². The van der Waals surface area contributed by atoms with Gasteiger partial charge in [-0.25, -0.2) is 0 Å². The van der Waals surface area contributed by atoms with Crippen LogP contribution in [0.25, 0.3) is 0 Å². The first kappa shape index (κ1) is 25.1. The summed E-state index contributed by atoms with van der Waals surface area (Å²) in [7, 11) is 0. The van der Waals surface area contributed by atoms with Gasteiger partial charge in [0.2, 0.25) is 0 Å². The van der Waals surface area contributed by atoms with E-state index in [1.165, 1.54) is 12.5 Å². The Kier molecular flexibility index (Phi) is 10.7. The number of carboxylic acid groups (broad SMARTS) is 1. The van der Waals surface area contributed by atoms with Gasteiger partial charge in [0.1, 0.15) is 0 Å². The van der Waals surface area contributed by atoms with Gasteiger partial charge in [-0.15, -0.1) is 0 Å². The van der Waals surface area contributed by atoms with Crippen LogP contribution in [0.15, 0.2) is 11.1 Å². The lowest BCUT2D eigenvalue weighted by atomic mass is 9.78. The van der Waals surface area contributed by atoms with Crippen molar-refractivity contribution in [2.75, 3.05) is 0 Å². The van der Waals surface area contributed by atoms with E-state index in [4.69, 9.17) is 16.7 Å². The number of ketones is 1. The molecule has 0 saturated heterocycles. The van der Waals surface area contributed by atoms with Crippen LogP contribution in [0.3, 0.4) is 0 Å². The number of Topliss-reactive ketones (excluding diaryl/α,β-unsaturated/α-hetero) is 1. The van der Waals surface area contributed by atoms with E-state index in [1.54, 1.807) is 0 Å². The van der Waals surface area contributed by atoms with Crippen molar-refractivity contribution in [2.24, 2.45) is 17.8 Å². The van der Waals surface area contributed by atoms with E-state index < -0.39 is 29.4 Å². The minimum Gasteiger partial charge on any atom is -0.481 e. The van der Waals surface area contributed by atoms with Crippen LogP contribution in [-0.4, -0.2) is 38.8 Å². The van der Waals surface area contributed by atoms with Gasteiger partial charge < -0.3 is 15.3 Å². The second-order valence-corrected chi connectivity index (χ2v) is 9.26. The van der Waals surface area contributed by atoms with Crippen LogP contribution in [0.4, 0.5) is 0 Å². The Bertz CT molecular complexity index is 545. The maximum absolute atomic E-state index is 12.4. The van der Waals surface area contributed by atoms with E-state index in [-0.39, 0.29) is 11.5 Å². The predicted molar refractivity (Wildman–Crippen MR) is 111 cm³/mol. The van der Waals surface area contributed by atoms with Crippen molar-refractivity contribution in [1.82, 2.24) is 0 Å². The molecule has 0 spiro atoms. The van der Waals surface area contributed by atoms with Crippen molar-refractivity contribution in [3.8, 4) is 0 Å². The minimum absolute atomic E-state index is 0.00453. The Morgan fingerprint density at radius 3 is 2.39 bits per heavy atom. The Labute approximate surface area is 174 Å². The highest BCUT2D eigenvalue weighted by atomic mass is 35.5. The van der Waals surface area contributed by atoms with Crippen LogP contribution in [0.5, 0.6) is 0 Å². The molecule has 0 saturated carbocycles. The monoisotopic (exact) mass is 416 g/mol. The third kappa shape index (κ3) is 8.22. The molecule has 1 aliphatic carbocycles. The largest absolute Gasteiger partial charge is 0.481 e. The van der Waals surface area contributed by atoms with Crippen molar-refractivity contribution in [1.29, 1.82) is 0 Å². The molecule has 0 aliphatic heterocycles. The summed E-state index contributed by atoms with van der Waals surface area (Å²) in [4.78, 5) is 23.0. The predicted octanol–water partition coefficient (Wildman–Crippen LogP) is 4.68. The Morgan fingerprint density at radius 1 is 1.11 bits per heavy atom. The zero-order valence-electron chi connectivity index (χ0n) is 17.5. The maximum atomic E-state index is 12.4. The Balaban J connectivity index is 2.56. The van der Waals surface area contributed by atoms with Crippen molar-refractivity contribution < 1.29 is 24.9 Å². The number of hydrogen-bond acceptors (Lipinski definition) is 4. The van der Waals surface area contributed by atoms with Crippen LogP contribution >= 0.6 is 11.6 Å². The zero-order chi connectivity index (χ0) is 21.3. The Hall–Kier alpha value is -0.910. The molecule has 4 unspecified atom stereocenters. The number of rotatable bonds is 14. The molecule has 0 aromatic heterocycles. The molecule has 0 bridgehead atoms. The summed E-state index contributed by atoms with van der Waals surface area (Å²) >= 11 is 6.01. The highest BCUT2D eigenvalue weighted by Gasteiger charge is 2.49. The van der Waals surface area contributed by atoms with Gasteiger partial charge in [0.25, 0.3) is 0 Å². The lowest BCUT2D eigenvalue weighted by Gasteiger charge is -2.32. The lowest BCUT2D eigenvalue weighted by molar-refractivity contribution is -0.137. The van der Waals surface area contributed by atoms with Crippen molar-refractivity contribution in [3.63, 3.8) is 0 Å². The highest BCUT2D eigenvalue weighted by molar-refractivity contribution is 6.43. The fourth-order valence-electron chi connectivity index (χ4n) is 3.96. The van der Waals surface area contributed by atoms with Crippen LogP contribution < -0.4 is 0 Å². The molecule has 162 valence electrons. The minimum atomic E-state index is -1.40. The van der Waals surface area contributed by atoms with E-state index >= 15 is 0 Å². The molecule has 0 fully saturated rings. The van der Waals surface area contributed by atoms with Gasteiger partial charge in [-0.05, 0) is 43.6 Å². The summed E-state index contributed by atoms with van der Waals surface area (Å²) in [6.45, 7) is 6.57. The molecule has 6 heteroatoms. The number of aliphatic carboxylic acids is 1. The molecule has 4 atom stereocenters. The second kappa shape index (κ2) is 11.9. The van der Waals surface area contributed by atoms with E-state index in [0.717, 1.165) is 19.3 Å². The molecular weight excluding hydrogens is 380 g/mol. The molecular formula is C22H37ClO5. The number of hydrogen-bond donors (Lipinski definition) is 3. The topological polar surface area (TPSA) is 94.8 Å². The number of carbonyl (C=O) groups is 2. The number of allylic oxidation sites excluding steroid dienone is 1. The van der Waals surface area contributed by atoms with Crippen LogP contribution in [-0.2, 0) is 9.59 Å². The van der Waals surface area contributed by atoms with E-state index in [2.05, 4.69) is 20.8 Å². The first-order chi connectivity index (χ1) is 13.1. The van der Waals surface area contributed by atoms with Crippen LogP contribution in [0.1, 0.15) is 85.0 Å². The quantitative estimate of drug-likeness (QED) is 0.357. The molecule has 0 radical (unpaired) electrons. The average molecular weight is 417 g/mol. The molecule has 0 amide bonds. The number of unbranched alkanes of at least 4 members (excludes halogenated alkanes) is 2. The number of halogens is 1. The standard InChI is InChI=1S/C22H37ClO5/c1-15(2)8-7-9-16(3)12-13-22(28)14-17(23)21(27)20(22)18(24)10-5-4-6-11-19(25)26/h14-16,18,20,24,28H,4-13H2,1-3H3,(H,25,26). The van der Waals surface area contributed by atoms with Crippen LogP contribution in [0.2, 0.25) is 0 Å². The summed E-state index contributed by atoms with van der Waals surface area (Å²) in [6, 6.07) is 0. The molecule has 28 heavy (non-hydrogen) atoms. The van der Waals surface area contributed by atoms with Gasteiger partial charge in [0.15, 0.2) is 5.78 Å². The first-order valence-electron chi connectivity index (χ1n) is 10.6. The van der Waals surface area contributed by atoms with Crippen molar-refractivity contribution in [3.05, 3.63) is 11.1 Å². The molecule has 0 heterocycles. The summed E-state index contributed by atoms with van der Waals surface area (Å²) in [5.74, 6) is -1.04. The molecule has 0 aromatic rings. The number of carboxylic acids is 1. The number of aliphatic hydroxyl groups is 2. The van der Waals surface area contributed by atoms with E-state index in [9.17, 15) is 19.8 Å². The van der Waals surface area contributed by atoms with E-state index in [1.807, 2.05) is 0 Å². The smallest absolute Gasteiger partial charge is 0.303 e. The van der Waals surface area contributed by atoms with E-state index in [0.29, 0.717) is 43.9 Å². The number of carbonyl (C=O) groups excluding carboxylic acids is 1. The van der Waals surface area contributed by atoms with Gasteiger partial charge in [0.05, 0.1) is 22.7 Å². The Morgan fingerprint density at radius 2 is 1.79 bits per heavy atom. The van der Waals surface area contributed by atoms with Gasteiger partial charge in [-0.2, -0.15) is 0 Å². The SMILES string of the molecule is CC(C)CCCC(C)CCC1(O)C=C(Cl)C(=O)C1C(O)CCCCCC(=O)O. The van der Waals surface area contributed by atoms with Crippen molar-refractivity contribution in [2.45, 2.75) is 96.7 Å². The highest BCUT2D eigenvalue weighted by Crippen LogP contribution is 2.40. The molecule has 0 aromatic carbocycles. The molecule has 3 N–H and O–H groups in total. The van der Waals surface area contributed by atoms with Crippen molar-refractivity contribution >= 4 is 23.4 Å². The van der Waals surface area contributed by atoms with Gasteiger partial charge in [-0.1, -0.05) is 64.5 Å². The second-order valence-electron chi connectivity index (χ2n) is 8.85. The fraction of sp³-hybridized carbons (Fsp3) is 0.818. The summed E-state index contributed by atoms with van der Waals surface area (Å²) in [6.07, 6.45) is 7.27. The zero-order valence-corrected chi connectivity index (χ0v) is 18.2. The summed E-state index contributed by atoms with van der Waals surface area (Å²) in [5, 5.41) is 30.3.